The lowest BCUT2D eigenvalue weighted by Gasteiger charge is -2.20. The first-order valence-electron chi connectivity index (χ1n) is 6.33. The molecule has 0 unspecified atom stereocenters. The second kappa shape index (κ2) is 6.76. The molecule has 1 aromatic carbocycles. The number of hydrogen-bond acceptors (Lipinski definition) is 5. The number of para-hydroxylation sites is 1. The molecule has 0 saturated heterocycles. The molecule has 0 fully saturated rings. The van der Waals surface area contributed by atoms with Crippen LogP contribution in [-0.4, -0.2) is 58.7 Å². The van der Waals surface area contributed by atoms with Gasteiger partial charge in [-0.05, 0) is 12.1 Å². The van der Waals surface area contributed by atoms with Gasteiger partial charge in [-0.15, -0.1) is 0 Å². The number of carbonyl (C=O) groups is 2. The number of carbonyl (C=O) groups excluding carboxylic acids is 1. The van der Waals surface area contributed by atoms with E-state index >= 15 is 0 Å². The fraction of sp³-hybridized carbons (Fsp3) is 0.286. The Kier molecular flexibility index (Phi) is 4.78. The summed E-state index contributed by atoms with van der Waals surface area (Å²) in [5, 5.41) is 8.93. The molecule has 0 atom stereocenters. The Morgan fingerprint density at radius 2 is 2.05 bits per heavy atom. The topological polar surface area (TPSA) is 92.6 Å². The van der Waals surface area contributed by atoms with Crippen LogP contribution in [0.25, 0.3) is 11.0 Å². The molecule has 0 saturated carbocycles. The van der Waals surface area contributed by atoms with Crippen molar-refractivity contribution in [3.8, 4) is 0 Å². The summed E-state index contributed by atoms with van der Waals surface area (Å²) in [7, 11) is 1.49. The van der Waals surface area contributed by atoms with Gasteiger partial charge in [-0.2, -0.15) is 0 Å². The SMILES string of the molecule is COCCN(CC(=O)O)C(=O)c1cccc2nccnc12. The highest BCUT2D eigenvalue weighted by atomic mass is 16.5. The molecule has 0 radical (unpaired) electrons. The number of nitrogens with zero attached hydrogens (tertiary/aromatic N) is 3. The zero-order valence-corrected chi connectivity index (χ0v) is 11.5. The molecule has 1 N–H and O–H groups in total. The number of fused-ring (bicyclic) bond motifs is 1. The third kappa shape index (κ3) is 3.51. The van der Waals surface area contributed by atoms with Gasteiger partial charge in [0, 0.05) is 26.0 Å². The second-order valence-corrected chi connectivity index (χ2v) is 4.34. The summed E-state index contributed by atoms with van der Waals surface area (Å²) < 4.78 is 4.91. The van der Waals surface area contributed by atoms with E-state index in [1.165, 1.54) is 24.4 Å². The van der Waals surface area contributed by atoms with Crippen molar-refractivity contribution in [2.24, 2.45) is 0 Å². The first-order valence-corrected chi connectivity index (χ1v) is 6.33. The van der Waals surface area contributed by atoms with E-state index < -0.39 is 18.4 Å². The summed E-state index contributed by atoms with van der Waals surface area (Å²) >= 11 is 0. The van der Waals surface area contributed by atoms with Gasteiger partial charge in [-0.25, -0.2) is 0 Å². The van der Waals surface area contributed by atoms with Crippen LogP contribution < -0.4 is 0 Å². The molecule has 7 nitrogen and oxygen atoms in total. The van der Waals surface area contributed by atoms with E-state index in [1.54, 1.807) is 18.2 Å². The second-order valence-electron chi connectivity index (χ2n) is 4.34. The van der Waals surface area contributed by atoms with Gasteiger partial charge in [0.25, 0.3) is 5.91 Å². The summed E-state index contributed by atoms with van der Waals surface area (Å²) in [5.41, 5.74) is 1.38. The molecule has 0 aliphatic heterocycles. The van der Waals surface area contributed by atoms with Gasteiger partial charge in [-0.3, -0.25) is 19.6 Å². The average Bonchev–Trinajstić information content (AvgIpc) is 2.50. The molecule has 0 bridgehead atoms. The molecule has 7 heteroatoms. The number of ether oxygens (including phenoxy) is 1. The van der Waals surface area contributed by atoms with Crippen LogP contribution in [0.3, 0.4) is 0 Å². The van der Waals surface area contributed by atoms with Gasteiger partial charge in [0.15, 0.2) is 0 Å². The Morgan fingerprint density at radius 1 is 1.29 bits per heavy atom. The van der Waals surface area contributed by atoms with Crippen molar-refractivity contribution in [2.45, 2.75) is 0 Å². The Hall–Kier alpha value is -2.54. The number of carboxylic acids is 1. The fourth-order valence-electron chi connectivity index (χ4n) is 1.95. The normalized spacial score (nSPS) is 10.5. The zero-order chi connectivity index (χ0) is 15.2. The smallest absolute Gasteiger partial charge is 0.323 e. The van der Waals surface area contributed by atoms with E-state index in [4.69, 9.17) is 9.84 Å². The minimum absolute atomic E-state index is 0.193. The van der Waals surface area contributed by atoms with Gasteiger partial charge in [0.2, 0.25) is 0 Å². The molecule has 2 aromatic rings. The third-order valence-electron chi connectivity index (χ3n) is 2.91. The Bertz CT molecular complexity index is 654. The van der Waals surface area contributed by atoms with Gasteiger partial charge in [0.05, 0.1) is 17.7 Å². The average molecular weight is 289 g/mol. The van der Waals surface area contributed by atoms with Crippen LogP contribution in [0.15, 0.2) is 30.6 Å². The molecule has 0 aliphatic rings. The summed E-state index contributed by atoms with van der Waals surface area (Å²) in [6, 6.07) is 5.05. The van der Waals surface area contributed by atoms with Gasteiger partial charge in [-0.1, -0.05) is 6.07 Å². The zero-order valence-electron chi connectivity index (χ0n) is 11.5. The van der Waals surface area contributed by atoms with Crippen molar-refractivity contribution in [1.82, 2.24) is 14.9 Å². The predicted molar refractivity (Wildman–Crippen MR) is 75.0 cm³/mol. The lowest BCUT2D eigenvalue weighted by Crippen LogP contribution is -2.38. The molecule has 0 aliphatic carbocycles. The first-order chi connectivity index (χ1) is 10.1. The van der Waals surface area contributed by atoms with Crippen LogP contribution in [0.1, 0.15) is 10.4 Å². The van der Waals surface area contributed by atoms with E-state index in [9.17, 15) is 9.59 Å². The van der Waals surface area contributed by atoms with E-state index in [-0.39, 0.29) is 13.2 Å². The van der Waals surface area contributed by atoms with Crippen molar-refractivity contribution in [1.29, 1.82) is 0 Å². The number of hydrogen-bond donors (Lipinski definition) is 1. The Balaban J connectivity index is 2.35. The van der Waals surface area contributed by atoms with Crippen LogP contribution >= 0.6 is 0 Å². The van der Waals surface area contributed by atoms with Crippen LogP contribution in [0.5, 0.6) is 0 Å². The fourth-order valence-corrected chi connectivity index (χ4v) is 1.95. The largest absolute Gasteiger partial charge is 0.480 e. The predicted octanol–water partition coefficient (Wildman–Crippen LogP) is 0.803. The van der Waals surface area contributed by atoms with Gasteiger partial charge < -0.3 is 14.7 Å². The molecule has 1 amide bonds. The molecule has 1 heterocycles. The Morgan fingerprint density at radius 3 is 2.76 bits per heavy atom. The highest BCUT2D eigenvalue weighted by Gasteiger charge is 2.20. The molecule has 1 aromatic heterocycles. The summed E-state index contributed by atoms with van der Waals surface area (Å²) in [6.45, 7) is 0.0621. The lowest BCUT2D eigenvalue weighted by atomic mass is 10.1. The highest BCUT2D eigenvalue weighted by molar-refractivity contribution is 6.05. The first kappa shape index (κ1) is 14.9. The van der Waals surface area contributed by atoms with Crippen LogP contribution in [0, 0.1) is 0 Å². The van der Waals surface area contributed by atoms with Crippen LogP contribution in [0.2, 0.25) is 0 Å². The Labute approximate surface area is 121 Å². The van der Waals surface area contributed by atoms with E-state index in [0.29, 0.717) is 16.6 Å². The maximum Gasteiger partial charge on any atom is 0.323 e. The molecule has 2 rings (SSSR count). The monoisotopic (exact) mass is 289 g/mol. The van der Waals surface area contributed by atoms with Crippen molar-refractivity contribution in [3.05, 3.63) is 36.2 Å². The van der Waals surface area contributed by atoms with Gasteiger partial charge >= 0.3 is 5.97 Å². The maximum atomic E-state index is 12.5. The molecule has 0 spiro atoms. The number of benzene rings is 1. The number of aliphatic carboxylic acids is 1. The number of rotatable bonds is 6. The van der Waals surface area contributed by atoms with Crippen molar-refractivity contribution in [2.75, 3.05) is 26.8 Å². The standard InChI is InChI=1S/C14H15N3O4/c1-21-8-7-17(9-12(18)19)14(20)10-3-2-4-11-13(10)16-6-5-15-11/h2-6H,7-9H2,1H3,(H,18,19). The molecule has 110 valence electrons. The molecule has 21 heavy (non-hydrogen) atoms. The lowest BCUT2D eigenvalue weighted by molar-refractivity contribution is -0.137. The number of aromatic nitrogens is 2. The summed E-state index contributed by atoms with van der Waals surface area (Å²) in [4.78, 5) is 33.0. The van der Waals surface area contributed by atoms with Crippen molar-refractivity contribution < 1.29 is 19.4 Å². The number of carboxylic acid groups (broad SMARTS) is 1. The third-order valence-corrected chi connectivity index (χ3v) is 2.91. The minimum Gasteiger partial charge on any atom is -0.480 e. The maximum absolute atomic E-state index is 12.5. The number of methoxy groups -OCH3 is 1. The number of amides is 1. The van der Waals surface area contributed by atoms with Crippen LogP contribution in [-0.2, 0) is 9.53 Å². The summed E-state index contributed by atoms with van der Waals surface area (Å²) in [5.74, 6) is -1.48. The van der Waals surface area contributed by atoms with Crippen LogP contribution in [0.4, 0.5) is 0 Å². The van der Waals surface area contributed by atoms with Crippen molar-refractivity contribution in [3.63, 3.8) is 0 Å². The molecular weight excluding hydrogens is 274 g/mol. The summed E-state index contributed by atoms with van der Waals surface area (Å²) in [6.07, 6.45) is 3.03. The van der Waals surface area contributed by atoms with E-state index in [2.05, 4.69) is 9.97 Å². The quantitative estimate of drug-likeness (QED) is 0.845. The van der Waals surface area contributed by atoms with E-state index in [1.807, 2.05) is 0 Å². The van der Waals surface area contributed by atoms with Gasteiger partial charge in [0.1, 0.15) is 12.1 Å². The highest BCUT2D eigenvalue weighted by Crippen LogP contribution is 2.16. The molecular formula is C14H15N3O4. The van der Waals surface area contributed by atoms with Crippen molar-refractivity contribution >= 4 is 22.9 Å². The minimum atomic E-state index is -1.08. The van der Waals surface area contributed by atoms with E-state index in [0.717, 1.165) is 0 Å².